The highest BCUT2D eigenvalue weighted by Gasteiger charge is 2.32. The van der Waals surface area contributed by atoms with Crippen LogP contribution in [0.25, 0.3) is 10.9 Å². The summed E-state index contributed by atoms with van der Waals surface area (Å²) in [6.45, 7) is 0.542. The van der Waals surface area contributed by atoms with Crippen LogP contribution in [0.2, 0.25) is 0 Å². The number of benzene rings is 1. The van der Waals surface area contributed by atoms with Crippen LogP contribution in [0, 0.1) is 0 Å². The number of carboxylic acids is 1. The lowest BCUT2D eigenvalue weighted by molar-refractivity contribution is -0.151. The number of amides is 1. The highest BCUT2D eigenvalue weighted by atomic mass is 16.4. The number of para-hydroxylation sites is 1. The number of nitrogens with zero attached hydrogens (tertiary/aromatic N) is 2. The second-order valence-electron chi connectivity index (χ2n) is 5.90. The fraction of sp³-hybridized carbons (Fsp3) is 0.412. The van der Waals surface area contributed by atoms with Crippen molar-refractivity contribution >= 4 is 22.8 Å². The van der Waals surface area contributed by atoms with Crippen molar-refractivity contribution in [3.05, 3.63) is 36.0 Å². The number of fused-ring (bicyclic) bond motifs is 1. The minimum absolute atomic E-state index is 0.0940. The average molecular weight is 300 g/mol. The monoisotopic (exact) mass is 300 g/mol. The lowest BCUT2D eigenvalue weighted by atomic mass is 10.0. The van der Waals surface area contributed by atoms with Crippen molar-refractivity contribution in [2.24, 2.45) is 7.05 Å². The first-order valence-corrected chi connectivity index (χ1v) is 7.63. The molecule has 1 saturated heterocycles. The number of aryl methyl sites for hydroxylation is 1. The molecular weight excluding hydrogens is 280 g/mol. The molecule has 0 saturated carbocycles. The van der Waals surface area contributed by atoms with Gasteiger partial charge in [0.15, 0.2) is 0 Å². The quantitative estimate of drug-likeness (QED) is 0.945. The van der Waals surface area contributed by atoms with Gasteiger partial charge in [0.1, 0.15) is 6.04 Å². The van der Waals surface area contributed by atoms with E-state index < -0.39 is 12.0 Å². The van der Waals surface area contributed by atoms with E-state index in [0.29, 0.717) is 13.0 Å². The second kappa shape index (κ2) is 5.83. The Morgan fingerprint density at radius 1 is 1.27 bits per heavy atom. The van der Waals surface area contributed by atoms with Crippen LogP contribution >= 0.6 is 0 Å². The molecule has 0 spiro atoms. The van der Waals surface area contributed by atoms with Gasteiger partial charge in [0.25, 0.3) is 0 Å². The normalized spacial score (nSPS) is 18.6. The molecule has 2 aromatic rings. The molecular formula is C17H20N2O3. The van der Waals surface area contributed by atoms with E-state index in [4.69, 9.17) is 0 Å². The summed E-state index contributed by atoms with van der Waals surface area (Å²) >= 11 is 0. The van der Waals surface area contributed by atoms with Gasteiger partial charge in [-0.3, -0.25) is 4.79 Å². The first kappa shape index (κ1) is 14.6. The number of aromatic nitrogens is 1. The van der Waals surface area contributed by atoms with Crippen molar-refractivity contribution in [1.82, 2.24) is 9.47 Å². The van der Waals surface area contributed by atoms with Gasteiger partial charge < -0.3 is 14.6 Å². The third-order valence-electron chi connectivity index (χ3n) is 4.43. The predicted octanol–water partition coefficient (Wildman–Crippen LogP) is 2.19. The van der Waals surface area contributed by atoms with E-state index in [2.05, 4.69) is 0 Å². The van der Waals surface area contributed by atoms with Crippen molar-refractivity contribution < 1.29 is 14.7 Å². The van der Waals surface area contributed by atoms with E-state index in [-0.39, 0.29) is 12.3 Å². The lowest BCUT2D eigenvalue weighted by Gasteiger charge is -2.33. The largest absolute Gasteiger partial charge is 0.480 e. The van der Waals surface area contributed by atoms with Gasteiger partial charge in [-0.15, -0.1) is 0 Å². The summed E-state index contributed by atoms with van der Waals surface area (Å²) in [5.41, 5.74) is 2.04. The van der Waals surface area contributed by atoms with Gasteiger partial charge in [-0.1, -0.05) is 18.2 Å². The number of hydrogen-bond acceptors (Lipinski definition) is 2. The second-order valence-corrected chi connectivity index (χ2v) is 5.90. The first-order valence-electron chi connectivity index (χ1n) is 7.63. The van der Waals surface area contributed by atoms with Crippen LogP contribution in [0.15, 0.2) is 30.5 Å². The maximum Gasteiger partial charge on any atom is 0.326 e. The third kappa shape index (κ3) is 2.58. The summed E-state index contributed by atoms with van der Waals surface area (Å²) in [5.74, 6) is -0.991. The number of carbonyl (C=O) groups is 2. The Morgan fingerprint density at radius 2 is 2.05 bits per heavy atom. The number of carboxylic acid groups (broad SMARTS) is 1. The van der Waals surface area contributed by atoms with Crippen molar-refractivity contribution in [2.45, 2.75) is 31.7 Å². The number of likely N-dealkylation sites (tertiary alicyclic amines) is 1. The van der Waals surface area contributed by atoms with Crippen molar-refractivity contribution in [2.75, 3.05) is 6.54 Å². The first-order chi connectivity index (χ1) is 10.6. The number of rotatable bonds is 3. The predicted molar refractivity (Wildman–Crippen MR) is 83.6 cm³/mol. The van der Waals surface area contributed by atoms with E-state index in [9.17, 15) is 14.7 Å². The Hall–Kier alpha value is -2.30. The SMILES string of the molecule is Cn1cc(CC(=O)N2CCCCC2C(=O)O)c2ccccc21. The van der Waals surface area contributed by atoms with Crippen LogP contribution in [0.1, 0.15) is 24.8 Å². The highest BCUT2D eigenvalue weighted by Crippen LogP contribution is 2.23. The van der Waals surface area contributed by atoms with Gasteiger partial charge in [-0.25, -0.2) is 4.79 Å². The molecule has 0 bridgehead atoms. The molecule has 1 fully saturated rings. The molecule has 3 rings (SSSR count). The zero-order valence-electron chi connectivity index (χ0n) is 12.7. The summed E-state index contributed by atoms with van der Waals surface area (Å²) in [7, 11) is 1.96. The maximum absolute atomic E-state index is 12.6. The number of carbonyl (C=O) groups excluding carboxylic acids is 1. The Bertz CT molecular complexity index is 720. The molecule has 1 N–H and O–H groups in total. The van der Waals surface area contributed by atoms with E-state index in [1.165, 1.54) is 4.90 Å². The summed E-state index contributed by atoms with van der Waals surface area (Å²) < 4.78 is 2.00. The Morgan fingerprint density at radius 3 is 2.82 bits per heavy atom. The Kier molecular flexibility index (Phi) is 3.88. The molecule has 1 amide bonds. The molecule has 1 aliphatic rings. The zero-order chi connectivity index (χ0) is 15.7. The molecule has 1 aliphatic heterocycles. The molecule has 1 unspecified atom stereocenters. The summed E-state index contributed by atoms with van der Waals surface area (Å²) in [6, 6.07) is 7.28. The van der Waals surface area contributed by atoms with Crippen molar-refractivity contribution in [3.63, 3.8) is 0 Å². The molecule has 5 heteroatoms. The van der Waals surface area contributed by atoms with Crippen LogP contribution in [-0.2, 0) is 23.1 Å². The lowest BCUT2D eigenvalue weighted by Crippen LogP contribution is -2.48. The number of aliphatic carboxylic acids is 1. The molecule has 1 aromatic heterocycles. The van der Waals surface area contributed by atoms with Gasteiger partial charge in [-0.05, 0) is 30.9 Å². The average Bonchev–Trinajstić information content (AvgIpc) is 2.84. The molecule has 116 valence electrons. The zero-order valence-corrected chi connectivity index (χ0v) is 12.7. The van der Waals surface area contributed by atoms with Crippen molar-refractivity contribution in [1.29, 1.82) is 0 Å². The minimum atomic E-state index is -0.897. The van der Waals surface area contributed by atoms with Gasteiger partial charge in [0.2, 0.25) is 5.91 Å². The summed E-state index contributed by atoms with van der Waals surface area (Å²) in [5, 5.41) is 10.4. The minimum Gasteiger partial charge on any atom is -0.480 e. The highest BCUT2D eigenvalue weighted by molar-refractivity contribution is 5.91. The van der Waals surface area contributed by atoms with E-state index in [1.54, 1.807) is 0 Å². The Balaban J connectivity index is 1.85. The molecule has 2 heterocycles. The van der Waals surface area contributed by atoms with Gasteiger partial charge in [0.05, 0.1) is 6.42 Å². The molecule has 5 nitrogen and oxygen atoms in total. The van der Waals surface area contributed by atoms with Crippen LogP contribution in [-0.4, -0.2) is 39.0 Å². The van der Waals surface area contributed by atoms with Crippen LogP contribution in [0.5, 0.6) is 0 Å². The number of piperidine rings is 1. The standard InChI is InChI=1S/C17H20N2O3/c1-18-11-12(13-6-2-3-7-14(13)18)10-16(20)19-9-5-4-8-15(19)17(21)22/h2-3,6-7,11,15H,4-5,8-10H2,1H3,(H,21,22). The third-order valence-corrected chi connectivity index (χ3v) is 4.43. The number of hydrogen-bond donors (Lipinski definition) is 1. The molecule has 1 atom stereocenters. The van der Waals surface area contributed by atoms with E-state index in [1.807, 2.05) is 42.1 Å². The van der Waals surface area contributed by atoms with Crippen LogP contribution < -0.4 is 0 Å². The van der Waals surface area contributed by atoms with Gasteiger partial charge in [-0.2, -0.15) is 0 Å². The van der Waals surface area contributed by atoms with E-state index in [0.717, 1.165) is 29.3 Å². The van der Waals surface area contributed by atoms with Crippen molar-refractivity contribution in [3.8, 4) is 0 Å². The fourth-order valence-electron chi connectivity index (χ4n) is 3.32. The topological polar surface area (TPSA) is 62.5 Å². The summed E-state index contributed by atoms with van der Waals surface area (Å²) in [6.07, 6.45) is 4.52. The summed E-state index contributed by atoms with van der Waals surface area (Å²) in [4.78, 5) is 25.5. The molecule has 22 heavy (non-hydrogen) atoms. The van der Waals surface area contributed by atoms with Gasteiger partial charge in [0, 0.05) is 30.7 Å². The Labute approximate surface area is 129 Å². The van der Waals surface area contributed by atoms with Crippen LogP contribution in [0.4, 0.5) is 0 Å². The van der Waals surface area contributed by atoms with Crippen LogP contribution in [0.3, 0.4) is 0 Å². The molecule has 0 aliphatic carbocycles. The van der Waals surface area contributed by atoms with E-state index >= 15 is 0 Å². The molecule has 1 aromatic carbocycles. The molecule has 0 radical (unpaired) electrons. The fourth-order valence-corrected chi connectivity index (χ4v) is 3.32. The maximum atomic E-state index is 12.6. The smallest absolute Gasteiger partial charge is 0.326 e. The van der Waals surface area contributed by atoms with Gasteiger partial charge >= 0.3 is 5.97 Å².